The average Bonchev–Trinajstić information content (AvgIpc) is 2.30. The second-order valence-electron chi connectivity index (χ2n) is 5.13. The lowest BCUT2D eigenvalue weighted by molar-refractivity contribution is 0.213. The first kappa shape index (κ1) is 12.1. The van der Waals surface area contributed by atoms with E-state index in [1.54, 1.807) is 12.1 Å². The largest absolute Gasteiger partial charge is 0.207 e. The first-order valence-corrected chi connectivity index (χ1v) is 6.93. The van der Waals surface area contributed by atoms with Gasteiger partial charge < -0.3 is 0 Å². The van der Waals surface area contributed by atoms with Crippen LogP contribution in [0, 0.1) is 11.2 Å². The maximum absolute atomic E-state index is 12.9. The molecule has 1 saturated carbocycles. The van der Waals surface area contributed by atoms with Crippen LogP contribution in [0.3, 0.4) is 0 Å². The summed E-state index contributed by atoms with van der Waals surface area (Å²) >= 11 is 3.81. The van der Waals surface area contributed by atoms with Gasteiger partial charge in [0.05, 0.1) is 0 Å². The summed E-state index contributed by atoms with van der Waals surface area (Å²) in [6.07, 6.45) is 6.53. The molecule has 1 unspecified atom stereocenters. The normalized spacial score (nSPS) is 21.7. The van der Waals surface area contributed by atoms with Gasteiger partial charge in [0.15, 0.2) is 0 Å². The second-order valence-corrected chi connectivity index (χ2v) is 6.04. The summed E-state index contributed by atoms with van der Waals surface area (Å²) in [5, 5.41) is 0. The summed E-state index contributed by atoms with van der Waals surface area (Å²) in [4.78, 5) is 0.348. The monoisotopic (exact) mass is 284 g/mol. The third-order valence-corrected chi connectivity index (χ3v) is 5.40. The molecule has 0 spiro atoms. The van der Waals surface area contributed by atoms with Crippen molar-refractivity contribution in [3.63, 3.8) is 0 Å². The zero-order valence-electron chi connectivity index (χ0n) is 9.68. The van der Waals surface area contributed by atoms with Crippen molar-refractivity contribution in [2.24, 2.45) is 5.41 Å². The van der Waals surface area contributed by atoms with Gasteiger partial charge in [0, 0.05) is 4.83 Å². The van der Waals surface area contributed by atoms with E-state index in [1.165, 1.54) is 37.7 Å². The summed E-state index contributed by atoms with van der Waals surface area (Å²) in [6.45, 7) is 2.34. The predicted octanol–water partition coefficient (Wildman–Crippen LogP) is 5.23. The number of hydrogen-bond acceptors (Lipinski definition) is 0. The van der Waals surface area contributed by atoms with Crippen LogP contribution >= 0.6 is 15.9 Å². The van der Waals surface area contributed by atoms with E-state index in [0.717, 1.165) is 0 Å². The molecular weight excluding hydrogens is 267 g/mol. The maximum Gasteiger partial charge on any atom is 0.123 e. The van der Waals surface area contributed by atoms with Crippen molar-refractivity contribution in [3.05, 3.63) is 35.6 Å². The molecule has 1 aliphatic rings. The fourth-order valence-electron chi connectivity index (χ4n) is 2.65. The van der Waals surface area contributed by atoms with E-state index in [1.807, 2.05) is 12.1 Å². The van der Waals surface area contributed by atoms with Gasteiger partial charge >= 0.3 is 0 Å². The third kappa shape index (κ3) is 2.48. The number of benzene rings is 1. The fraction of sp³-hybridized carbons (Fsp3) is 0.571. The van der Waals surface area contributed by atoms with E-state index < -0.39 is 0 Å². The highest BCUT2D eigenvalue weighted by atomic mass is 79.9. The van der Waals surface area contributed by atoms with Crippen LogP contribution in [0.1, 0.15) is 49.4 Å². The molecule has 1 atom stereocenters. The SMILES string of the molecule is CC1(C(Br)c2ccc(F)cc2)CCCCC1. The third-order valence-electron chi connectivity index (χ3n) is 3.77. The summed E-state index contributed by atoms with van der Waals surface area (Å²) in [6, 6.07) is 6.90. The Balaban J connectivity index is 2.16. The van der Waals surface area contributed by atoms with Gasteiger partial charge in [-0.05, 0) is 36.0 Å². The lowest BCUT2D eigenvalue weighted by Crippen LogP contribution is -2.25. The number of alkyl halides is 1. The molecule has 2 heteroatoms. The van der Waals surface area contributed by atoms with E-state index in [-0.39, 0.29) is 5.82 Å². The molecule has 88 valence electrons. The molecule has 1 aliphatic carbocycles. The molecule has 0 nitrogen and oxygen atoms in total. The quantitative estimate of drug-likeness (QED) is 0.652. The van der Waals surface area contributed by atoms with Crippen LogP contribution in [-0.2, 0) is 0 Å². The molecule has 0 radical (unpaired) electrons. The van der Waals surface area contributed by atoms with Gasteiger partial charge in [-0.1, -0.05) is 54.2 Å². The molecule has 16 heavy (non-hydrogen) atoms. The smallest absolute Gasteiger partial charge is 0.123 e. The zero-order valence-corrected chi connectivity index (χ0v) is 11.3. The van der Waals surface area contributed by atoms with E-state index in [4.69, 9.17) is 0 Å². The van der Waals surface area contributed by atoms with Crippen molar-refractivity contribution in [2.75, 3.05) is 0 Å². The maximum atomic E-state index is 12.9. The predicted molar refractivity (Wildman–Crippen MR) is 69.3 cm³/mol. The Bertz CT molecular complexity index is 338. The topological polar surface area (TPSA) is 0 Å². The van der Waals surface area contributed by atoms with Crippen LogP contribution in [0.25, 0.3) is 0 Å². The molecule has 1 fully saturated rings. The van der Waals surface area contributed by atoms with Crippen LogP contribution in [0.2, 0.25) is 0 Å². The first-order chi connectivity index (χ1) is 7.62. The molecule has 1 aromatic carbocycles. The second kappa shape index (κ2) is 4.87. The lowest BCUT2D eigenvalue weighted by Gasteiger charge is -2.38. The highest BCUT2D eigenvalue weighted by Gasteiger charge is 2.34. The molecule has 0 bridgehead atoms. The van der Waals surface area contributed by atoms with E-state index >= 15 is 0 Å². The van der Waals surface area contributed by atoms with Gasteiger partial charge in [-0.3, -0.25) is 0 Å². The summed E-state index contributed by atoms with van der Waals surface area (Å²) < 4.78 is 12.9. The minimum atomic E-state index is -0.155. The Morgan fingerprint density at radius 3 is 2.25 bits per heavy atom. The van der Waals surface area contributed by atoms with Crippen LogP contribution in [-0.4, -0.2) is 0 Å². The molecule has 0 N–H and O–H groups in total. The highest BCUT2D eigenvalue weighted by Crippen LogP contribution is 2.50. The van der Waals surface area contributed by atoms with E-state index in [2.05, 4.69) is 22.9 Å². The van der Waals surface area contributed by atoms with Crippen molar-refractivity contribution < 1.29 is 4.39 Å². The average molecular weight is 285 g/mol. The van der Waals surface area contributed by atoms with E-state index in [9.17, 15) is 4.39 Å². The first-order valence-electron chi connectivity index (χ1n) is 6.01. The Hall–Kier alpha value is -0.370. The Morgan fingerprint density at radius 2 is 1.69 bits per heavy atom. The van der Waals surface area contributed by atoms with Gasteiger partial charge in [0.2, 0.25) is 0 Å². The lowest BCUT2D eigenvalue weighted by atomic mass is 9.72. The van der Waals surface area contributed by atoms with Crippen LogP contribution in [0.4, 0.5) is 4.39 Å². The Morgan fingerprint density at radius 1 is 1.12 bits per heavy atom. The molecule has 0 saturated heterocycles. The molecule has 0 amide bonds. The van der Waals surface area contributed by atoms with Gasteiger partial charge in [0.1, 0.15) is 5.82 Å². The molecule has 1 aromatic rings. The van der Waals surface area contributed by atoms with Crippen molar-refractivity contribution in [1.29, 1.82) is 0 Å². The fourth-order valence-corrected chi connectivity index (χ4v) is 3.41. The molecule has 2 rings (SSSR count). The molecule has 0 aromatic heterocycles. The Kier molecular flexibility index (Phi) is 3.68. The van der Waals surface area contributed by atoms with Gasteiger partial charge in [-0.25, -0.2) is 4.39 Å². The molecular formula is C14H18BrF. The van der Waals surface area contributed by atoms with Gasteiger partial charge in [0.25, 0.3) is 0 Å². The number of halogens is 2. The summed E-state index contributed by atoms with van der Waals surface area (Å²) in [5.74, 6) is -0.155. The van der Waals surface area contributed by atoms with Crippen molar-refractivity contribution >= 4 is 15.9 Å². The van der Waals surface area contributed by atoms with Crippen molar-refractivity contribution in [1.82, 2.24) is 0 Å². The number of rotatable bonds is 2. The standard InChI is InChI=1S/C14H18BrF/c1-14(9-3-2-4-10-14)13(15)11-5-7-12(16)8-6-11/h5-8,13H,2-4,9-10H2,1H3. The minimum absolute atomic E-state index is 0.155. The number of hydrogen-bond donors (Lipinski definition) is 0. The minimum Gasteiger partial charge on any atom is -0.207 e. The van der Waals surface area contributed by atoms with Crippen LogP contribution in [0.5, 0.6) is 0 Å². The van der Waals surface area contributed by atoms with Crippen molar-refractivity contribution in [3.8, 4) is 0 Å². The zero-order chi connectivity index (χ0) is 11.6. The molecule has 0 aliphatic heterocycles. The van der Waals surface area contributed by atoms with Crippen molar-refractivity contribution in [2.45, 2.75) is 43.9 Å². The van der Waals surface area contributed by atoms with Gasteiger partial charge in [-0.2, -0.15) is 0 Å². The molecule has 0 heterocycles. The van der Waals surface area contributed by atoms with Gasteiger partial charge in [-0.15, -0.1) is 0 Å². The summed E-state index contributed by atoms with van der Waals surface area (Å²) in [5.41, 5.74) is 1.53. The Labute approximate surface area is 105 Å². The van der Waals surface area contributed by atoms with Crippen LogP contribution < -0.4 is 0 Å². The van der Waals surface area contributed by atoms with Crippen LogP contribution in [0.15, 0.2) is 24.3 Å². The van der Waals surface area contributed by atoms with E-state index in [0.29, 0.717) is 10.2 Å². The summed E-state index contributed by atoms with van der Waals surface area (Å²) in [7, 11) is 0. The highest BCUT2D eigenvalue weighted by molar-refractivity contribution is 9.09.